The average molecular weight is 395 g/mol. The van der Waals surface area contributed by atoms with Gasteiger partial charge in [-0.25, -0.2) is 4.68 Å². The van der Waals surface area contributed by atoms with E-state index >= 15 is 0 Å². The number of halogens is 3. The Bertz CT molecular complexity index is 940. The highest BCUT2D eigenvalue weighted by Gasteiger charge is 2.31. The molecule has 0 saturated carbocycles. The molecule has 0 radical (unpaired) electrons. The second kappa shape index (κ2) is 6.41. The van der Waals surface area contributed by atoms with Crippen molar-refractivity contribution in [3.63, 3.8) is 0 Å². The van der Waals surface area contributed by atoms with Gasteiger partial charge in [0, 0.05) is 15.1 Å². The van der Waals surface area contributed by atoms with Crippen LogP contribution in [0.5, 0.6) is 0 Å². The van der Waals surface area contributed by atoms with Gasteiger partial charge in [-0.2, -0.15) is 4.98 Å². The van der Waals surface area contributed by atoms with E-state index in [1.54, 1.807) is 10.7 Å². The standard InChI is InChI=1S/C17H14Cl3N5/c18-10-3-1-2-9(6-10)15-8-14(12-5-4-11(19)7-13(12)20)22-17-23-16(21)24-25(15)17/h1-7,14-15H,8H2,(H3,21,22,23,24)/t14-,15+/m0/s1. The zero-order chi connectivity index (χ0) is 17.6. The van der Waals surface area contributed by atoms with Gasteiger partial charge in [-0.3, -0.25) is 0 Å². The molecule has 1 aromatic heterocycles. The third-order valence-corrected chi connectivity index (χ3v) is 5.07. The van der Waals surface area contributed by atoms with Gasteiger partial charge in [-0.05, 0) is 41.8 Å². The number of benzene rings is 2. The maximum absolute atomic E-state index is 6.40. The summed E-state index contributed by atoms with van der Waals surface area (Å²) in [6.07, 6.45) is 0.720. The van der Waals surface area contributed by atoms with Crippen LogP contribution in [-0.2, 0) is 0 Å². The van der Waals surface area contributed by atoms with Crippen LogP contribution in [0.4, 0.5) is 11.9 Å². The maximum Gasteiger partial charge on any atom is 0.241 e. The number of nitrogen functional groups attached to an aromatic ring is 1. The number of nitrogens with one attached hydrogen (secondary N) is 1. The molecule has 2 atom stereocenters. The van der Waals surface area contributed by atoms with Crippen LogP contribution >= 0.6 is 34.8 Å². The predicted octanol–water partition coefficient (Wildman–Crippen LogP) is 4.97. The Kier molecular flexibility index (Phi) is 4.23. The predicted molar refractivity (Wildman–Crippen MR) is 101 cm³/mol. The summed E-state index contributed by atoms with van der Waals surface area (Å²) in [6, 6.07) is 13.1. The second-order valence-electron chi connectivity index (χ2n) is 5.91. The highest BCUT2D eigenvalue weighted by Crippen LogP contribution is 2.40. The summed E-state index contributed by atoms with van der Waals surface area (Å²) in [5.74, 6) is 0.821. The number of aromatic nitrogens is 3. The minimum absolute atomic E-state index is 0.0511. The lowest BCUT2D eigenvalue weighted by Crippen LogP contribution is -2.28. The fourth-order valence-corrected chi connectivity index (χ4v) is 3.91. The summed E-state index contributed by atoms with van der Waals surface area (Å²) in [4.78, 5) is 4.29. The van der Waals surface area contributed by atoms with E-state index in [4.69, 9.17) is 40.5 Å². The molecule has 25 heavy (non-hydrogen) atoms. The van der Waals surface area contributed by atoms with E-state index in [9.17, 15) is 0 Å². The Morgan fingerprint density at radius 3 is 2.64 bits per heavy atom. The van der Waals surface area contributed by atoms with Crippen LogP contribution in [0, 0.1) is 0 Å². The molecule has 0 saturated heterocycles. The van der Waals surface area contributed by atoms with Crippen LogP contribution in [0.2, 0.25) is 15.1 Å². The monoisotopic (exact) mass is 393 g/mol. The Hall–Kier alpha value is -1.95. The Morgan fingerprint density at radius 2 is 1.88 bits per heavy atom. The zero-order valence-electron chi connectivity index (χ0n) is 13.0. The molecule has 0 spiro atoms. The third-order valence-electron chi connectivity index (χ3n) is 4.28. The maximum atomic E-state index is 6.40. The molecule has 5 nitrogen and oxygen atoms in total. The molecular weight excluding hydrogens is 381 g/mol. The number of anilines is 2. The number of rotatable bonds is 2. The smallest absolute Gasteiger partial charge is 0.241 e. The first-order valence-electron chi connectivity index (χ1n) is 7.70. The van der Waals surface area contributed by atoms with Crippen LogP contribution in [0.3, 0.4) is 0 Å². The summed E-state index contributed by atoms with van der Waals surface area (Å²) in [5, 5.41) is 9.57. The molecule has 0 unspecified atom stereocenters. The van der Waals surface area contributed by atoms with E-state index in [1.807, 2.05) is 36.4 Å². The molecule has 1 aliphatic heterocycles. The largest absolute Gasteiger partial charge is 0.366 e. The van der Waals surface area contributed by atoms with Gasteiger partial charge in [0.2, 0.25) is 11.9 Å². The molecule has 0 amide bonds. The highest BCUT2D eigenvalue weighted by atomic mass is 35.5. The molecular formula is C17H14Cl3N5. The molecule has 0 aliphatic carbocycles. The first-order valence-corrected chi connectivity index (χ1v) is 8.83. The van der Waals surface area contributed by atoms with Crippen molar-refractivity contribution in [2.45, 2.75) is 18.5 Å². The van der Waals surface area contributed by atoms with Crippen molar-refractivity contribution >= 4 is 46.7 Å². The Balaban J connectivity index is 1.78. The average Bonchev–Trinajstić information content (AvgIpc) is 2.94. The van der Waals surface area contributed by atoms with Crippen molar-refractivity contribution in [1.82, 2.24) is 14.8 Å². The molecule has 1 aliphatic rings. The molecule has 4 rings (SSSR count). The summed E-state index contributed by atoms with van der Waals surface area (Å²) in [5.41, 5.74) is 7.80. The van der Waals surface area contributed by atoms with Crippen molar-refractivity contribution in [2.24, 2.45) is 0 Å². The molecule has 0 bridgehead atoms. The van der Waals surface area contributed by atoms with Crippen molar-refractivity contribution in [2.75, 3.05) is 11.1 Å². The topological polar surface area (TPSA) is 68.8 Å². The minimum Gasteiger partial charge on any atom is -0.366 e. The van der Waals surface area contributed by atoms with Gasteiger partial charge in [-0.1, -0.05) is 53.0 Å². The normalized spacial score (nSPS) is 19.3. The van der Waals surface area contributed by atoms with Crippen LogP contribution in [-0.4, -0.2) is 14.8 Å². The first-order chi connectivity index (χ1) is 12.0. The molecule has 3 aromatic rings. The quantitative estimate of drug-likeness (QED) is 0.644. The summed E-state index contributed by atoms with van der Waals surface area (Å²) in [7, 11) is 0. The van der Waals surface area contributed by atoms with Crippen molar-refractivity contribution in [1.29, 1.82) is 0 Å². The van der Waals surface area contributed by atoms with Gasteiger partial charge >= 0.3 is 0 Å². The SMILES string of the molecule is Nc1nc2n(n1)[C@@H](c1cccc(Cl)c1)C[C@@H](c1ccc(Cl)cc1Cl)N2. The molecule has 8 heteroatoms. The van der Waals surface area contributed by atoms with Crippen molar-refractivity contribution in [3.8, 4) is 0 Å². The van der Waals surface area contributed by atoms with Crippen LogP contribution in [0.15, 0.2) is 42.5 Å². The second-order valence-corrected chi connectivity index (χ2v) is 7.19. The molecule has 128 valence electrons. The van der Waals surface area contributed by atoms with Crippen molar-refractivity contribution < 1.29 is 0 Å². The molecule has 2 heterocycles. The van der Waals surface area contributed by atoms with Crippen LogP contribution < -0.4 is 11.1 Å². The fraction of sp³-hybridized carbons (Fsp3) is 0.176. The number of fused-ring (bicyclic) bond motifs is 1. The van der Waals surface area contributed by atoms with E-state index in [-0.39, 0.29) is 18.0 Å². The lowest BCUT2D eigenvalue weighted by atomic mass is 9.93. The summed E-state index contributed by atoms with van der Waals surface area (Å²) >= 11 is 18.6. The van der Waals surface area contributed by atoms with Crippen LogP contribution in [0.25, 0.3) is 0 Å². The highest BCUT2D eigenvalue weighted by molar-refractivity contribution is 6.35. The Labute approximate surface area is 159 Å². The molecule has 0 fully saturated rings. The Morgan fingerprint density at radius 1 is 1.08 bits per heavy atom. The third kappa shape index (κ3) is 3.15. The van der Waals surface area contributed by atoms with Gasteiger partial charge in [-0.15, -0.1) is 5.10 Å². The van der Waals surface area contributed by atoms with Gasteiger partial charge in [0.1, 0.15) is 0 Å². The number of nitrogens with two attached hydrogens (primary N) is 1. The fourth-order valence-electron chi connectivity index (χ4n) is 3.17. The van der Waals surface area contributed by atoms with E-state index in [1.165, 1.54) is 0 Å². The number of hydrogen-bond acceptors (Lipinski definition) is 4. The van der Waals surface area contributed by atoms with E-state index in [0.29, 0.717) is 21.0 Å². The van der Waals surface area contributed by atoms with Crippen molar-refractivity contribution in [3.05, 3.63) is 68.7 Å². The lowest BCUT2D eigenvalue weighted by molar-refractivity contribution is 0.431. The number of hydrogen-bond donors (Lipinski definition) is 2. The van der Waals surface area contributed by atoms with E-state index < -0.39 is 0 Å². The van der Waals surface area contributed by atoms with E-state index in [0.717, 1.165) is 17.5 Å². The van der Waals surface area contributed by atoms with Crippen LogP contribution in [0.1, 0.15) is 29.6 Å². The summed E-state index contributed by atoms with van der Waals surface area (Å²) < 4.78 is 1.79. The number of nitrogens with zero attached hydrogens (tertiary/aromatic N) is 3. The summed E-state index contributed by atoms with van der Waals surface area (Å²) in [6.45, 7) is 0. The zero-order valence-corrected chi connectivity index (χ0v) is 15.2. The lowest BCUT2D eigenvalue weighted by Gasteiger charge is -2.32. The van der Waals surface area contributed by atoms with Gasteiger partial charge < -0.3 is 11.1 Å². The van der Waals surface area contributed by atoms with Gasteiger partial charge in [0.25, 0.3) is 0 Å². The molecule has 2 aromatic carbocycles. The van der Waals surface area contributed by atoms with Gasteiger partial charge in [0.15, 0.2) is 0 Å². The van der Waals surface area contributed by atoms with Gasteiger partial charge in [0.05, 0.1) is 12.1 Å². The minimum atomic E-state index is -0.0588. The molecule has 3 N–H and O–H groups in total. The van der Waals surface area contributed by atoms with E-state index in [2.05, 4.69) is 15.4 Å². The first kappa shape index (κ1) is 16.5.